The van der Waals surface area contributed by atoms with E-state index in [-0.39, 0.29) is 0 Å². The van der Waals surface area contributed by atoms with Crippen LogP contribution < -0.4 is 5.32 Å². The Kier molecular flexibility index (Phi) is 3.82. The molecule has 1 aliphatic heterocycles. The van der Waals surface area contributed by atoms with Crippen molar-refractivity contribution in [1.29, 1.82) is 0 Å². The van der Waals surface area contributed by atoms with E-state index in [9.17, 15) is 0 Å². The van der Waals surface area contributed by atoms with Gasteiger partial charge in [-0.2, -0.15) is 0 Å². The first-order chi connectivity index (χ1) is 6.90. The van der Waals surface area contributed by atoms with Gasteiger partial charge in [-0.1, -0.05) is 13.3 Å². The minimum absolute atomic E-state index is 0.933. The van der Waals surface area contributed by atoms with E-state index in [1.807, 2.05) is 0 Å². The van der Waals surface area contributed by atoms with Crippen molar-refractivity contribution in [3.05, 3.63) is 0 Å². The Hall–Kier alpha value is -0.0800. The zero-order chi connectivity index (χ0) is 9.80. The van der Waals surface area contributed by atoms with Gasteiger partial charge in [0.2, 0.25) is 0 Å². The van der Waals surface area contributed by atoms with E-state index in [4.69, 9.17) is 0 Å². The first-order valence-electron chi connectivity index (χ1n) is 6.35. The molecule has 1 saturated carbocycles. The number of nitrogens with one attached hydrogen (secondary N) is 1. The molecule has 1 heterocycles. The van der Waals surface area contributed by atoms with Crippen LogP contribution in [0.4, 0.5) is 0 Å². The van der Waals surface area contributed by atoms with Gasteiger partial charge in [0.1, 0.15) is 0 Å². The maximum absolute atomic E-state index is 3.55. The van der Waals surface area contributed by atoms with Crippen LogP contribution in [-0.2, 0) is 0 Å². The second-order valence-electron chi connectivity index (χ2n) is 4.94. The van der Waals surface area contributed by atoms with Crippen LogP contribution in [0.1, 0.15) is 39.0 Å². The monoisotopic (exact) mass is 196 g/mol. The first kappa shape index (κ1) is 10.4. The van der Waals surface area contributed by atoms with Crippen LogP contribution in [0, 0.1) is 5.92 Å². The summed E-state index contributed by atoms with van der Waals surface area (Å²) in [7, 11) is 0. The molecule has 2 nitrogen and oxygen atoms in total. The summed E-state index contributed by atoms with van der Waals surface area (Å²) in [5.74, 6) is 0.933. The fraction of sp³-hybridized carbons (Fsp3) is 1.00. The van der Waals surface area contributed by atoms with E-state index in [1.165, 1.54) is 58.3 Å². The average Bonchev–Trinajstić information content (AvgIpc) is 2.51. The van der Waals surface area contributed by atoms with Crippen molar-refractivity contribution in [2.75, 3.05) is 26.2 Å². The number of nitrogens with zero attached hydrogens (tertiary/aromatic N) is 1. The molecule has 0 aromatic carbocycles. The molecule has 82 valence electrons. The molecule has 2 rings (SSSR count). The molecular weight excluding hydrogens is 172 g/mol. The van der Waals surface area contributed by atoms with Crippen molar-refractivity contribution in [1.82, 2.24) is 10.2 Å². The largest absolute Gasteiger partial charge is 0.316 e. The van der Waals surface area contributed by atoms with Gasteiger partial charge in [0, 0.05) is 12.6 Å². The fourth-order valence-electron chi connectivity index (χ4n) is 2.60. The highest BCUT2D eigenvalue weighted by molar-refractivity contribution is 4.86. The van der Waals surface area contributed by atoms with Crippen molar-refractivity contribution in [3.63, 3.8) is 0 Å². The lowest BCUT2D eigenvalue weighted by atomic mass is 9.92. The molecule has 1 aliphatic carbocycles. The van der Waals surface area contributed by atoms with Crippen molar-refractivity contribution >= 4 is 0 Å². The third-order valence-corrected chi connectivity index (χ3v) is 3.77. The molecule has 2 fully saturated rings. The lowest BCUT2D eigenvalue weighted by molar-refractivity contribution is 0.153. The summed E-state index contributed by atoms with van der Waals surface area (Å²) in [6.45, 7) is 7.41. The molecule has 1 N–H and O–H groups in total. The summed E-state index contributed by atoms with van der Waals surface area (Å²) in [6.07, 6.45) is 7.09. The average molecular weight is 196 g/mol. The number of likely N-dealkylation sites (tertiary alicyclic amines) is 1. The summed E-state index contributed by atoms with van der Waals surface area (Å²) in [6, 6.07) is 0.964. The van der Waals surface area contributed by atoms with E-state index in [2.05, 4.69) is 17.1 Å². The van der Waals surface area contributed by atoms with E-state index in [0.717, 1.165) is 12.0 Å². The Labute approximate surface area is 88.1 Å². The molecule has 0 aromatic rings. The molecule has 2 aliphatic rings. The molecule has 0 spiro atoms. The van der Waals surface area contributed by atoms with Crippen LogP contribution in [0.3, 0.4) is 0 Å². The highest BCUT2D eigenvalue weighted by Crippen LogP contribution is 2.29. The normalized spacial score (nSPS) is 29.4. The standard InChI is InChI=1S/C12H24N2/c1-2-7-13-9-11-6-8-14(10-11)12-4-3-5-12/h11-13H,2-10H2,1H3. The third-order valence-electron chi connectivity index (χ3n) is 3.77. The Balaban J connectivity index is 1.61. The minimum atomic E-state index is 0.933. The molecule has 0 aromatic heterocycles. The molecule has 0 radical (unpaired) electrons. The number of rotatable bonds is 5. The Morgan fingerprint density at radius 3 is 2.79 bits per heavy atom. The van der Waals surface area contributed by atoms with Crippen LogP contribution in [0.5, 0.6) is 0 Å². The van der Waals surface area contributed by atoms with Gasteiger partial charge in [-0.15, -0.1) is 0 Å². The van der Waals surface area contributed by atoms with E-state index in [0.29, 0.717) is 0 Å². The molecule has 0 amide bonds. The molecular formula is C12H24N2. The topological polar surface area (TPSA) is 15.3 Å². The fourth-order valence-corrected chi connectivity index (χ4v) is 2.60. The van der Waals surface area contributed by atoms with Gasteiger partial charge < -0.3 is 10.2 Å². The second-order valence-corrected chi connectivity index (χ2v) is 4.94. The molecule has 14 heavy (non-hydrogen) atoms. The molecule has 1 unspecified atom stereocenters. The van der Waals surface area contributed by atoms with E-state index < -0.39 is 0 Å². The van der Waals surface area contributed by atoms with Gasteiger partial charge in [0.25, 0.3) is 0 Å². The van der Waals surface area contributed by atoms with Gasteiger partial charge in [-0.05, 0) is 51.2 Å². The van der Waals surface area contributed by atoms with E-state index >= 15 is 0 Å². The van der Waals surface area contributed by atoms with Gasteiger partial charge in [-0.25, -0.2) is 0 Å². The van der Waals surface area contributed by atoms with Crippen LogP contribution in [-0.4, -0.2) is 37.1 Å². The van der Waals surface area contributed by atoms with Gasteiger partial charge in [0.05, 0.1) is 0 Å². The zero-order valence-electron chi connectivity index (χ0n) is 9.47. The van der Waals surface area contributed by atoms with Gasteiger partial charge in [0.15, 0.2) is 0 Å². The third kappa shape index (κ3) is 2.48. The highest BCUT2D eigenvalue weighted by Gasteiger charge is 2.30. The summed E-state index contributed by atoms with van der Waals surface area (Å²) < 4.78 is 0. The maximum Gasteiger partial charge on any atom is 0.00954 e. The number of hydrogen-bond donors (Lipinski definition) is 1. The lowest BCUT2D eigenvalue weighted by Crippen LogP contribution is -2.39. The molecule has 1 atom stereocenters. The lowest BCUT2D eigenvalue weighted by Gasteiger charge is -2.34. The van der Waals surface area contributed by atoms with Crippen molar-refractivity contribution in [3.8, 4) is 0 Å². The molecule has 2 heteroatoms. The van der Waals surface area contributed by atoms with E-state index in [1.54, 1.807) is 0 Å². The first-order valence-corrected chi connectivity index (χ1v) is 6.35. The Morgan fingerprint density at radius 1 is 1.29 bits per heavy atom. The quantitative estimate of drug-likeness (QED) is 0.675. The Morgan fingerprint density at radius 2 is 2.14 bits per heavy atom. The minimum Gasteiger partial charge on any atom is -0.316 e. The van der Waals surface area contributed by atoms with Crippen molar-refractivity contribution in [2.45, 2.75) is 45.1 Å². The smallest absolute Gasteiger partial charge is 0.00954 e. The predicted molar refractivity (Wildman–Crippen MR) is 60.5 cm³/mol. The van der Waals surface area contributed by atoms with Crippen LogP contribution in [0.25, 0.3) is 0 Å². The van der Waals surface area contributed by atoms with Gasteiger partial charge in [-0.3, -0.25) is 0 Å². The highest BCUT2D eigenvalue weighted by atomic mass is 15.2. The van der Waals surface area contributed by atoms with Crippen molar-refractivity contribution < 1.29 is 0 Å². The van der Waals surface area contributed by atoms with Gasteiger partial charge >= 0.3 is 0 Å². The summed E-state index contributed by atoms with van der Waals surface area (Å²) in [5.41, 5.74) is 0. The molecule has 1 saturated heterocycles. The van der Waals surface area contributed by atoms with Crippen LogP contribution >= 0.6 is 0 Å². The second kappa shape index (κ2) is 5.13. The SMILES string of the molecule is CCCNCC1CCN(C2CCC2)C1. The summed E-state index contributed by atoms with van der Waals surface area (Å²) in [5, 5.41) is 3.55. The van der Waals surface area contributed by atoms with Crippen molar-refractivity contribution in [2.24, 2.45) is 5.92 Å². The van der Waals surface area contributed by atoms with Crippen LogP contribution in [0.15, 0.2) is 0 Å². The maximum atomic E-state index is 3.55. The Bertz CT molecular complexity index is 166. The predicted octanol–water partition coefficient (Wildman–Crippen LogP) is 1.86. The molecule has 0 bridgehead atoms. The van der Waals surface area contributed by atoms with Crippen LogP contribution in [0.2, 0.25) is 0 Å². The number of hydrogen-bond acceptors (Lipinski definition) is 2. The summed E-state index contributed by atoms with van der Waals surface area (Å²) in [4.78, 5) is 2.72. The summed E-state index contributed by atoms with van der Waals surface area (Å²) >= 11 is 0. The zero-order valence-corrected chi connectivity index (χ0v) is 9.47.